The lowest BCUT2D eigenvalue weighted by Gasteiger charge is -2.57. The summed E-state index contributed by atoms with van der Waals surface area (Å²) in [4.78, 5) is 7.29. The van der Waals surface area contributed by atoms with Crippen molar-refractivity contribution in [3.63, 3.8) is 0 Å². The SMILES string of the molecule is CN(C)C1(C2=CCC=C2)CCCC1(N(C)C)N(C)C. The van der Waals surface area contributed by atoms with Gasteiger partial charge in [0.2, 0.25) is 0 Å². The molecule has 0 spiro atoms. The van der Waals surface area contributed by atoms with Crippen LogP contribution in [0.5, 0.6) is 0 Å². The van der Waals surface area contributed by atoms with Gasteiger partial charge in [0.05, 0.1) is 11.2 Å². The van der Waals surface area contributed by atoms with Crippen molar-refractivity contribution in [3.8, 4) is 0 Å². The molecule has 0 aromatic carbocycles. The van der Waals surface area contributed by atoms with E-state index in [0.717, 1.165) is 6.42 Å². The van der Waals surface area contributed by atoms with Gasteiger partial charge in [0.15, 0.2) is 0 Å². The van der Waals surface area contributed by atoms with E-state index in [1.54, 1.807) is 0 Å². The molecule has 0 aromatic heterocycles. The fourth-order valence-corrected chi connectivity index (χ4v) is 4.56. The van der Waals surface area contributed by atoms with Gasteiger partial charge in [-0.3, -0.25) is 14.7 Å². The number of hydrogen-bond acceptors (Lipinski definition) is 3. The predicted octanol–water partition coefficient (Wildman–Crippen LogP) is 2.18. The Bertz CT molecular complexity index is 385. The van der Waals surface area contributed by atoms with E-state index in [1.807, 2.05) is 0 Å². The lowest BCUT2D eigenvalue weighted by Crippen LogP contribution is -2.71. The van der Waals surface area contributed by atoms with E-state index in [2.05, 4.69) is 75.2 Å². The molecule has 0 radical (unpaired) electrons. The first-order valence-electron chi connectivity index (χ1n) is 7.29. The minimum Gasteiger partial charge on any atom is -0.297 e. The Morgan fingerprint density at radius 1 is 0.895 bits per heavy atom. The summed E-state index contributed by atoms with van der Waals surface area (Å²) >= 11 is 0. The highest BCUT2D eigenvalue weighted by atomic mass is 15.4. The molecule has 2 rings (SSSR count). The van der Waals surface area contributed by atoms with Crippen molar-refractivity contribution in [2.45, 2.75) is 36.9 Å². The normalized spacial score (nSPS) is 29.8. The number of allylic oxidation sites excluding steroid dienone is 2. The number of nitrogens with zero attached hydrogens (tertiary/aromatic N) is 3. The Kier molecular flexibility index (Phi) is 3.92. The molecular formula is C16H29N3. The summed E-state index contributed by atoms with van der Waals surface area (Å²) in [6, 6.07) is 0. The van der Waals surface area contributed by atoms with Crippen LogP contribution >= 0.6 is 0 Å². The molecule has 0 saturated heterocycles. The molecule has 2 aliphatic carbocycles. The van der Waals surface area contributed by atoms with Gasteiger partial charge in [-0.2, -0.15) is 0 Å². The van der Waals surface area contributed by atoms with E-state index < -0.39 is 0 Å². The maximum Gasteiger partial charge on any atom is 0.0959 e. The second-order valence-corrected chi connectivity index (χ2v) is 6.51. The van der Waals surface area contributed by atoms with Crippen LogP contribution in [0.3, 0.4) is 0 Å². The zero-order chi connectivity index (χ0) is 14.3. The smallest absolute Gasteiger partial charge is 0.0959 e. The fraction of sp³-hybridized carbons (Fsp3) is 0.750. The Hall–Kier alpha value is -0.640. The van der Waals surface area contributed by atoms with E-state index in [-0.39, 0.29) is 11.2 Å². The van der Waals surface area contributed by atoms with Crippen molar-refractivity contribution in [1.82, 2.24) is 14.7 Å². The van der Waals surface area contributed by atoms with Crippen molar-refractivity contribution in [1.29, 1.82) is 0 Å². The van der Waals surface area contributed by atoms with Crippen LogP contribution in [0.2, 0.25) is 0 Å². The first-order valence-corrected chi connectivity index (χ1v) is 7.29. The molecule has 3 nitrogen and oxygen atoms in total. The van der Waals surface area contributed by atoms with Gasteiger partial charge >= 0.3 is 0 Å². The molecule has 1 saturated carbocycles. The monoisotopic (exact) mass is 263 g/mol. The molecule has 2 aliphatic rings. The van der Waals surface area contributed by atoms with Crippen molar-refractivity contribution in [2.75, 3.05) is 42.3 Å². The Labute approximate surface area is 118 Å². The molecule has 1 unspecified atom stereocenters. The maximum atomic E-state index is 2.45. The molecule has 1 fully saturated rings. The van der Waals surface area contributed by atoms with Gasteiger partial charge in [-0.1, -0.05) is 18.2 Å². The minimum atomic E-state index is 0.0665. The van der Waals surface area contributed by atoms with Crippen LogP contribution in [0.25, 0.3) is 0 Å². The summed E-state index contributed by atoms with van der Waals surface area (Å²) in [5.41, 5.74) is 1.65. The van der Waals surface area contributed by atoms with Gasteiger partial charge in [0, 0.05) is 0 Å². The van der Waals surface area contributed by atoms with Crippen LogP contribution in [0.4, 0.5) is 0 Å². The Morgan fingerprint density at radius 2 is 1.53 bits per heavy atom. The van der Waals surface area contributed by atoms with E-state index in [0.29, 0.717) is 0 Å². The van der Waals surface area contributed by atoms with Gasteiger partial charge in [0.25, 0.3) is 0 Å². The van der Waals surface area contributed by atoms with Gasteiger partial charge in [-0.25, -0.2) is 0 Å². The lowest BCUT2D eigenvalue weighted by atomic mass is 9.77. The van der Waals surface area contributed by atoms with Gasteiger partial charge in [-0.15, -0.1) is 0 Å². The number of rotatable bonds is 4. The molecule has 0 aliphatic heterocycles. The molecule has 0 bridgehead atoms. The first kappa shape index (κ1) is 14.8. The Morgan fingerprint density at radius 3 is 1.95 bits per heavy atom. The molecular weight excluding hydrogens is 234 g/mol. The Balaban J connectivity index is 2.61. The summed E-state index contributed by atoms with van der Waals surface area (Å²) in [5, 5.41) is 0. The lowest BCUT2D eigenvalue weighted by molar-refractivity contribution is -0.0808. The summed E-state index contributed by atoms with van der Waals surface area (Å²) < 4.78 is 0. The van der Waals surface area contributed by atoms with Gasteiger partial charge in [0.1, 0.15) is 0 Å². The third-order valence-corrected chi connectivity index (χ3v) is 5.22. The highest BCUT2D eigenvalue weighted by Crippen LogP contribution is 2.51. The minimum absolute atomic E-state index is 0.0665. The average Bonchev–Trinajstić information content (AvgIpc) is 2.96. The van der Waals surface area contributed by atoms with E-state index in [4.69, 9.17) is 0 Å². The third-order valence-electron chi connectivity index (χ3n) is 5.22. The van der Waals surface area contributed by atoms with Crippen LogP contribution < -0.4 is 0 Å². The van der Waals surface area contributed by atoms with E-state index in [9.17, 15) is 0 Å². The summed E-state index contributed by atoms with van der Waals surface area (Å²) in [7, 11) is 13.4. The second kappa shape index (κ2) is 5.04. The van der Waals surface area contributed by atoms with Crippen LogP contribution in [0, 0.1) is 0 Å². The van der Waals surface area contributed by atoms with Gasteiger partial charge in [-0.05, 0) is 73.5 Å². The first-order chi connectivity index (χ1) is 8.89. The van der Waals surface area contributed by atoms with Crippen LogP contribution in [-0.4, -0.2) is 68.2 Å². The molecule has 0 aromatic rings. The quantitative estimate of drug-likeness (QED) is 0.720. The molecule has 108 valence electrons. The number of hydrogen-bond donors (Lipinski definition) is 0. The molecule has 19 heavy (non-hydrogen) atoms. The summed E-state index contributed by atoms with van der Waals surface area (Å²) in [5.74, 6) is 0. The highest BCUT2D eigenvalue weighted by Gasteiger charge is 2.60. The second-order valence-electron chi connectivity index (χ2n) is 6.51. The maximum absolute atomic E-state index is 2.45. The average molecular weight is 263 g/mol. The molecule has 3 heteroatoms. The summed E-state index contributed by atoms with van der Waals surface area (Å²) in [6.07, 6.45) is 11.8. The topological polar surface area (TPSA) is 9.72 Å². The number of likely N-dealkylation sites (N-methyl/N-ethyl adjacent to an activating group) is 3. The summed E-state index contributed by atoms with van der Waals surface area (Å²) in [6.45, 7) is 0. The van der Waals surface area contributed by atoms with Crippen molar-refractivity contribution in [3.05, 3.63) is 23.8 Å². The molecule has 0 N–H and O–H groups in total. The molecule has 0 amide bonds. The predicted molar refractivity (Wildman–Crippen MR) is 82.2 cm³/mol. The van der Waals surface area contributed by atoms with Crippen LogP contribution in [-0.2, 0) is 0 Å². The third kappa shape index (κ3) is 1.83. The van der Waals surface area contributed by atoms with Crippen molar-refractivity contribution < 1.29 is 0 Å². The fourth-order valence-electron chi connectivity index (χ4n) is 4.56. The van der Waals surface area contributed by atoms with Crippen molar-refractivity contribution in [2.24, 2.45) is 0 Å². The van der Waals surface area contributed by atoms with Crippen molar-refractivity contribution >= 4 is 0 Å². The molecule has 0 heterocycles. The molecule has 1 atom stereocenters. The zero-order valence-electron chi connectivity index (χ0n) is 13.4. The largest absolute Gasteiger partial charge is 0.297 e. The van der Waals surface area contributed by atoms with Crippen LogP contribution in [0.1, 0.15) is 25.7 Å². The van der Waals surface area contributed by atoms with E-state index in [1.165, 1.54) is 24.8 Å². The standard InChI is InChI=1S/C16H29N3/c1-17(2)15(14-10-7-8-11-14)12-9-13-16(15,18(3)4)19(5)6/h7,10-11H,8-9,12-13H2,1-6H3. The van der Waals surface area contributed by atoms with Gasteiger partial charge < -0.3 is 0 Å². The van der Waals surface area contributed by atoms with Crippen LogP contribution in [0.15, 0.2) is 23.8 Å². The van der Waals surface area contributed by atoms with E-state index >= 15 is 0 Å². The highest BCUT2D eigenvalue weighted by molar-refractivity contribution is 5.42. The zero-order valence-corrected chi connectivity index (χ0v) is 13.4.